The van der Waals surface area contributed by atoms with Gasteiger partial charge in [-0.15, -0.1) is 0 Å². The first-order valence-electron chi connectivity index (χ1n) is 6.68. The van der Waals surface area contributed by atoms with E-state index in [0.717, 1.165) is 22.6 Å². The van der Waals surface area contributed by atoms with Crippen LogP contribution in [-0.2, 0) is 6.61 Å². The fraction of sp³-hybridized carbons (Fsp3) is 0.250. The van der Waals surface area contributed by atoms with Gasteiger partial charge in [-0.1, -0.05) is 6.07 Å². The molecule has 0 saturated carbocycles. The van der Waals surface area contributed by atoms with Crippen LogP contribution in [0.15, 0.2) is 30.5 Å². The van der Waals surface area contributed by atoms with Crippen molar-refractivity contribution in [3.05, 3.63) is 58.4 Å². The van der Waals surface area contributed by atoms with E-state index in [1.165, 1.54) is 11.8 Å². The van der Waals surface area contributed by atoms with E-state index in [1.807, 2.05) is 19.9 Å². The van der Waals surface area contributed by atoms with Crippen LogP contribution in [0.5, 0.6) is 5.75 Å². The molecule has 0 fully saturated rings. The molecule has 5 heteroatoms. The van der Waals surface area contributed by atoms with Crippen LogP contribution in [-0.4, -0.2) is 10.9 Å². The van der Waals surface area contributed by atoms with Gasteiger partial charge in [0.05, 0.1) is 11.3 Å². The van der Waals surface area contributed by atoms with Crippen molar-refractivity contribution in [1.29, 1.82) is 0 Å². The van der Waals surface area contributed by atoms with Crippen LogP contribution in [0.4, 0.5) is 0 Å². The van der Waals surface area contributed by atoms with Crippen LogP contribution in [0, 0.1) is 20.8 Å². The summed E-state index contributed by atoms with van der Waals surface area (Å²) in [5, 5.41) is 0. The van der Waals surface area contributed by atoms with Gasteiger partial charge in [0.15, 0.2) is 0 Å². The highest BCUT2D eigenvalue weighted by molar-refractivity contribution is 5.93. The highest BCUT2D eigenvalue weighted by Crippen LogP contribution is 2.24. The summed E-state index contributed by atoms with van der Waals surface area (Å²) in [6.07, 6.45) is 1.48. The summed E-state index contributed by atoms with van der Waals surface area (Å²) in [6, 6.07) is 7.56. The van der Waals surface area contributed by atoms with Crippen molar-refractivity contribution in [2.75, 3.05) is 0 Å². The van der Waals surface area contributed by atoms with Crippen molar-refractivity contribution in [2.45, 2.75) is 27.4 Å². The zero-order valence-corrected chi connectivity index (χ0v) is 12.4. The summed E-state index contributed by atoms with van der Waals surface area (Å²) >= 11 is 0. The van der Waals surface area contributed by atoms with E-state index >= 15 is 0 Å². The Bertz CT molecular complexity index is 651. The number of carbonyl (C=O) groups is 1. The first-order chi connectivity index (χ1) is 10.0. The Balaban J connectivity index is 2.08. The summed E-state index contributed by atoms with van der Waals surface area (Å²) in [7, 11) is 0. The number of pyridine rings is 1. The van der Waals surface area contributed by atoms with Crippen molar-refractivity contribution in [3.8, 4) is 5.75 Å². The van der Waals surface area contributed by atoms with Gasteiger partial charge in [-0.05, 0) is 55.7 Å². The summed E-state index contributed by atoms with van der Waals surface area (Å²) in [4.78, 5) is 15.5. The van der Waals surface area contributed by atoms with E-state index in [4.69, 9.17) is 10.6 Å². The Labute approximate surface area is 124 Å². The van der Waals surface area contributed by atoms with Gasteiger partial charge in [-0.3, -0.25) is 15.2 Å². The highest BCUT2D eigenvalue weighted by atomic mass is 16.5. The quantitative estimate of drug-likeness (QED) is 0.513. The number of rotatable bonds is 4. The van der Waals surface area contributed by atoms with Crippen molar-refractivity contribution in [2.24, 2.45) is 5.84 Å². The predicted octanol–water partition coefficient (Wildman–Crippen LogP) is 2.19. The second-order valence-corrected chi connectivity index (χ2v) is 5.01. The largest absolute Gasteiger partial charge is 0.487 e. The van der Waals surface area contributed by atoms with Gasteiger partial charge in [0.2, 0.25) is 0 Å². The average Bonchev–Trinajstić information content (AvgIpc) is 2.49. The zero-order chi connectivity index (χ0) is 15.4. The van der Waals surface area contributed by atoms with Gasteiger partial charge in [-0.25, -0.2) is 5.84 Å². The Hall–Kier alpha value is -2.40. The minimum Gasteiger partial charge on any atom is -0.487 e. The first kappa shape index (κ1) is 15.0. The minimum atomic E-state index is -0.361. The molecule has 1 heterocycles. The van der Waals surface area contributed by atoms with Gasteiger partial charge in [0, 0.05) is 6.20 Å². The number of aryl methyl sites for hydroxylation is 2. The zero-order valence-electron chi connectivity index (χ0n) is 12.4. The van der Waals surface area contributed by atoms with Crippen LogP contribution in [0.25, 0.3) is 0 Å². The molecule has 0 saturated heterocycles. The predicted molar refractivity (Wildman–Crippen MR) is 80.9 cm³/mol. The van der Waals surface area contributed by atoms with Gasteiger partial charge >= 0.3 is 0 Å². The molecule has 0 unspecified atom stereocenters. The number of nitrogen functional groups attached to an aromatic ring is 1. The number of ether oxygens (including phenoxy) is 1. The van der Waals surface area contributed by atoms with Crippen molar-refractivity contribution in [1.82, 2.24) is 10.4 Å². The van der Waals surface area contributed by atoms with E-state index < -0.39 is 0 Å². The third kappa shape index (κ3) is 3.58. The molecule has 0 bridgehead atoms. The molecular formula is C16H19N3O2. The molecule has 1 amide bonds. The molecule has 0 aliphatic carbocycles. The number of hydrogen-bond donors (Lipinski definition) is 2. The Morgan fingerprint density at radius 1 is 1.29 bits per heavy atom. The smallest absolute Gasteiger partial charge is 0.266 e. The number of benzene rings is 1. The van der Waals surface area contributed by atoms with Gasteiger partial charge in [-0.2, -0.15) is 0 Å². The van der Waals surface area contributed by atoms with Gasteiger partial charge in [0.1, 0.15) is 12.4 Å². The lowest BCUT2D eigenvalue weighted by Gasteiger charge is -2.12. The third-order valence-corrected chi connectivity index (χ3v) is 3.36. The third-order valence-electron chi connectivity index (χ3n) is 3.36. The van der Waals surface area contributed by atoms with E-state index in [0.29, 0.717) is 12.2 Å². The van der Waals surface area contributed by atoms with E-state index in [2.05, 4.69) is 23.4 Å². The van der Waals surface area contributed by atoms with E-state index in [1.54, 1.807) is 12.1 Å². The van der Waals surface area contributed by atoms with Crippen LogP contribution >= 0.6 is 0 Å². The number of carbonyl (C=O) groups excluding carboxylic acids is 1. The number of nitrogens with zero attached hydrogens (tertiary/aromatic N) is 1. The first-order valence-corrected chi connectivity index (χ1v) is 6.68. The summed E-state index contributed by atoms with van der Waals surface area (Å²) < 4.78 is 5.82. The molecular weight excluding hydrogens is 266 g/mol. The van der Waals surface area contributed by atoms with Crippen LogP contribution in [0.3, 0.4) is 0 Å². The SMILES string of the molecule is Cc1cc(C)c(C)c(OCc2ccc(C(=O)NN)cn2)c1. The summed E-state index contributed by atoms with van der Waals surface area (Å²) in [5.41, 5.74) is 6.73. The molecule has 1 aromatic heterocycles. The minimum absolute atomic E-state index is 0.355. The molecule has 0 radical (unpaired) electrons. The number of aromatic nitrogens is 1. The molecule has 3 N–H and O–H groups in total. The van der Waals surface area contributed by atoms with Crippen LogP contribution in [0.1, 0.15) is 32.7 Å². The monoisotopic (exact) mass is 285 g/mol. The van der Waals surface area contributed by atoms with Crippen LogP contribution in [0.2, 0.25) is 0 Å². The Morgan fingerprint density at radius 2 is 2.05 bits per heavy atom. The molecule has 2 aromatic rings. The standard InChI is InChI=1S/C16H19N3O2/c1-10-6-11(2)12(3)15(7-10)21-9-14-5-4-13(8-18-14)16(20)19-17/h4-8H,9,17H2,1-3H3,(H,19,20). The average molecular weight is 285 g/mol. The van der Waals surface area contributed by atoms with Gasteiger partial charge in [0.25, 0.3) is 5.91 Å². The molecule has 0 spiro atoms. The van der Waals surface area contributed by atoms with Gasteiger partial charge < -0.3 is 4.74 Å². The summed E-state index contributed by atoms with van der Waals surface area (Å²) in [5.74, 6) is 5.57. The van der Waals surface area contributed by atoms with Crippen molar-refractivity contribution in [3.63, 3.8) is 0 Å². The maximum atomic E-state index is 11.3. The van der Waals surface area contributed by atoms with Crippen LogP contribution < -0.4 is 16.0 Å². The molecule has 21 heavy (non-hydrogen) atoms. The Kier molecular flexibility index (Phi) is 4.55. The number of amides is 1. The number of hydrogen-bond acceptors (Lipinski definition) is 4. The number of hydrazine groups is 1. The molecule has 1 aromatic carbocycles. The fourth-order valence-electron chi connectivity index (χ4n) is 2.03. The Morgan fingerprint density at radius 3 is 2.67 bits per heavy atom. The second-order valence-electron chi connectivity index (χ2n) is 5.01. The molecule has 0 aliphatic rings. The van der Waals surface area contributed by atoms with Crippen molar-refractivity contribution < 1.29 is 9.53 Å². The molecule has 0 aliphatic heterocycles. The maximum Gasteiger partial charge on any atom is 0.266 e. The molecule has 2 rings (SSSR count). The molecule has 110 valence electrons. The molecule has 0 atom stereocenters. The van der Waals surface area contributed by atoms with E-state index in [-0.39, 0.29) is 5.91 Å². The second kappa shape index (κ2) is 6.37. The lowest BCUT2D eigenvalue weighted by Crippen LogP contribution is -2.30. The lowest BCUT2D eigenvalue weighted by molar-refractivity contribution is 0.0953. The summed E-state index contributed by atoms with van der Waals surface area (Å²) in [6.45, 7) is 6.49. The van der Waals surface area contributed by atoms with E-state index in [9.17, 15) is 4.79 Å². The van der Waals surface area contributed by atoms with Crippen molar-refractivity contribution >= 4 is 5.91 Å². The number of nitrogens with two attached hydrogens (primary N) is 1. The highest BCUT2D eigenvalue weighted by Gasteiger charge is 2.07. The normalized spacial score (nSPS) is 10.3. The molecule has 5 nitrogen and oxygen atoms in total. The topological polar surface area (TPSA) is 77.2 Å². The number of nitrogens with one attached hydrogen (secondary N) is 1. The maximum absolute atomic E-state index is 11.3. The fourth-order valence-corrected chi connectivity index (χ4v) is 2.03. The lowest BCUT2D eigenvalue weighted by atomic mass is 10.1.